The molecule has 0 bridgehead atoms. The number of carboxylic acids is 1. The molecule has 0 aliphatic heterocycles. The summed E-state index contributed by atoms with van der Waals surface area (Å²) in [4.78, 5) is 10.8. The van der Waals surface area contributed by atoms with Gasteiger partial charge in [0, 0.05) is 11.7 Å². The Morgan fingerprint density at radius 1 is 1.26 bits per heavy atom. The maximum atomic E-state index is 12.8. The smallest absolute Gasteiger partial charge is 0.417 e. The zero-order valence-corrected chi connectivity index (χ0v) is 10.9. The van der Waals surface area contributed by atoms with Crippen molar-refractivity contribution in [3.63, 3.8) is 0 Å². The van der Waals surface area contributed by atoms with Crippen LogP contribution in [-0.2, 0) is 6.18 Å². The molecule has 0 aromatic heterocycles. The van der Waals surface area contributed by atoms with Gasteiger partial charge in [0.2, 0.25) is 0 Å². The second-order valence-electron chi connectivity index (χ2n) is 4.74. The van der Waals surface area contributed by atoms with E-state index in [1.807, 2.05) is 20.8 Å². The van der Waals surface area contributed by atoms with Crippen LogP contribution in [0.3, 0.4) is 0 Å². The maximum Gasteiger partial charge on any atom is 0.417 e. The summed E-state index contributed by atoms with van der Waals surface area (Å²) < 4.78 is 38.4. The van der Waals surface area contributed by atoms with Crippen LogP contribution < -0.4 is 5.32 Å². The number of benzene rings is 1. The average Bonchev–Trinajstić information content (AvgIpc) is 2.27. The number of anilines is 1. The Balaban J connectivity index is 3.16. The largest absolute Gasteiger partial charge is 0.478 e. The first-order valence-corrected chi connectivity index (χ1v) is 5.84. The molecule has 0 aliphatic carbocycles. The van der Waals surface area contributed by atoms with Gasteiger partial charge in [-0.15, -0.1) is 0 Å². The van der Waals surface area contributed by atoms with Gasteiger partial charge in [-0.3, -0.25) is 0 Å². The lowest BCUT2D eigenvalue weighted by Crippen LogP contribution is -2.22. The minimum absolute atomic E-state index is 0.0169. The Hall–Kier alpha value is -1.72. The fraction of sp³-hybridized carbons (Fsp3) is 0.462. The Kier molecular flexibility index (Phi) is 4.44. The van der Waals surface area contributed by atoms with E-state index in [1.165, 1.54) is 6.07 Å². The van der Waals surface area contributed by atoms with E-state index in [1.54, 1.807) is 0 Å². The molecule has 0 radical (unpaired) electrons. The third-order valence-corrected chi connectivity index (χ3v) is 2.95. The van der Waals surface area contributed by atoms with E-state index < -0.39 is 23.3 Å². The molecule has 1 atom stereocenters. The quantitative estimate of drug-likeness (QED) is 0.877. The SMILES string of the molecule is CC(C)C(C)Nc1ccc(C(=O)O)c(C(F)(F)F)c1. The lowest BCUT2D eigenvalue weighted by molar-refractivity contribution is -0.138. The van der Waals surface area contributed by atoms with Gasteiger partial charge in [-0.2, -0.15) is 13.2 Å². The highest BCUT2D eigenvalue weighted by Crippen LogP contribution is 2.34. The number of nitrogens with one attached hydrogen (secondary N) is 1. The van der Waals surface area contributed by atoms with Crippen LogP contribution in [0.2, 0.25) is 0 Å². The molecule has 1 aromatic carbocycles. The van der Waals surface area contributed by atoms with Crippen LogP contribution in [0.15, 0.2) is 18.2 Å². The molecule has 0 aliphatic rings. The minimum atomic E-state index is -4.69. The molecule has 0 saturated heterocycles. The van der Waals surface area contributed by atoms with Crippen LogP contribution in [0.5, 0.6) is 0 Å². The maximum absolute atomic E-state index is 12.8. The molecule has 0 saturated carbocycles. The molecule has 1 unspecified atom stereocenters. The van der Waals surface area contributed by atoms with E-state index in [-0.39, 0.29) is 17.6 Å². The Labute approximate surface area is 109 Å². The van der Waals surface area contributed by atoms with Gasteiger partial charge < -0.3 is 10.4 Å². The summed E-state index contributed by atoms with van der Waals surface area (Å²) in [5.41, 5.74) is -1.62. The molecule has 0 spiro atoms. The standard InChI is InChI=1S/C13H16F3NO2/c1-7(2)8(3)17-9-4-5-10(12(18)19)11(6-9)13(14,15)16/h4-8,17H,1-3H3,(H,18,19). The molecule has 106 valence electrons. The number of hydrogen-bond donors (Lipinski definition) is 2. The fourth-order valence-corrected chi connectivity index (χ4v) is 1.48. The second kappa shape index (κ2) is 5.50. The molecule has 1 aromatic rings. The van der Waals surface area contributed by atoms with Gasteiger partial charge in [0.1, 0.15) is 0 Å². The van der Waals surface area contributed by atoms with Crippen molar-refractivity contribution in [2.24, 2.45) is 5.92 Å². The zero-order chi connectivity index (χ0) is 14.8. The molecule has 19 heavy (non-hydrogen) atoms. The third kappa shape index (κ3) is 3.87. The van der Waals surface area contributed by atoms with Crippen molar-refractivity contribution in [1.29, 1.82) is 0 Å². The number of aromatic carboxylic acids is 1. The first-order chi connectivity index (χ1) is 8.62. The lowest BCUT2D eigenvalue weighted by atomic mass is 10.0. The molecule has 6 heteroatoms. The van der Waals surface area contributed by atoms with Gasteiger partial charge >= 0.3 is 12.1 Å². The predicted molar refractivity (Wildman–Crippen MR) is 66.3 cm³/mol. The van der Waals surface area contributed by atoms with E-state index >= 15 is 0 Å². The van der Waals surface area contributed by atoms with Crippen LogP contribution >= 0.6 is 0 Å². The van der Waals surface area contributed by atoms with E-state index in [4.69, 9.17) is 5.11 Å². The van der Waals surface area contributed by atoms with E-state index in [0.29, 0.717) is 0 Å². The third-order valence-electron chi connectivity index (χ3n) is 2.95. The summed E-state index contributed by atoms with van der Waals surface area (Å²) in [5.74, 6) is -1.34. The van der Waals surface area contributed by atoms with Gasteiger partial charge in [0.25, 0.3) is 0 Å². The van der Waals surface area contributed by atoms with Gasteiger partial charge in [-0.1, -0.05) is 13.8 Å². The topological polar surface area (TPSA) is 49.3 Å². The van der Waals surface area contributed by atoms with E-state index in [9.17, 15) is 18.0 Å². The molecular formula is C13H16F3NO2. The first kappa shape index (κ1) is 15.3. The molecule has 0 heterocycles. The van der Waals surface area contributed by atoms with Crippen molar-refractivity contribution in [3.8, 4) is 0 Å². The molecule has 0 fully saturated rings. The van der Waals surface area contributed by atoms with Gasteiger partial charge in [0.15, 0.2) is 0 Å². The molecular weight excluding hydrogens is 259 g/mol. The van der Waals surface area contributed by atoms with Crippen LogP contribution in [0.1, 0.15) is 36.7 Å². The zero-order valence-electron chi connectivity index (χ0n) is 10.9. The summed E-state index contributed by atoms with van der Waals surface area (Å²) in [6, 6.07) is 3.14. The van der Waals surface area contributed by atoms with Crippen molar-refractivity contribution in [2.45, 2.75) is 33.0 Å². The number of halogens is 3. The van der Waals surface area contributed by atoms with Crippen molar-refractivity contribution in [2.75, 3.05) is 5.32 Å². The average molecular weight is 275 g/mol. The summed E-state index contributed by atoms with van der Waals surface area (Å²) in [7, 11) is 0. The second-order valence-corrected chi connectivity index (χ2v) is 4.74. The van der Waals surface area contributed by atoms with Crippen LogP contribution in [0.4, 0.5) is 18.9 Å². The summed E-state index contributed by atoms with van der Waals surface area (Å²) in [6.45, 7) is 5.73. The predicted octanol–water partition coefficient (Wildman–Crippen LogP) is 3.86. The Morgan fingerprint density at radius 2 is 1.84 bits per heavy atom. The Morgan fingerprint density at radius 3 is 2.26 bits per heavy atom. The highest BCUT2D eigenvalue weighted by molar-refractivity contribution is 5.90. The number of alkyl halides is 3. The number of rotatable bonds is 4. The molecule has 0 amide bonds. The van der Waals surface area contributed by atoms with E-state index in [0.717, 1.165) is 12.1 Å². The van der Waals surface area contributed by atoms with Gasteiger partial charge in [-0.25, -0.2) is 4.79 Å². The monoisotopic (exact) mass is 275 g/mol. The summed E-state index contributed by atoms with van der Waals surface area (Å²) in [5, 5.41) is 11.7. The normalized spacial score (nSPS) is 13.4. The Bertz CT molecular complexity index is 469. The van der Waals surface area contributed by atoms with Gasteiger partial charge in [0.05, 0.1) is 11.1 Å². The fourth-order valence-electron chi connectivity index (χ4n) is 1.48. The van der Waals surface area contributed by atoms with Crippen LogP contribution in [0, 0.1) is 5.92 Å². The van der Waals surface area contributed by atoms with Crippen LogP contribution in [0.25, 0.3) is 0 Å². The number of hydrogen-bond acceptors (Lipinski definition) is 2. The van der Waals surface area contributed by atoms with Gasteiger partial charge in [-0.05, 0) is 31.0 Å². The number of carbonyl (C=O) groups is 1. The van der Waals surface area contributed by atoms with Crippen molar-refractivity contribution in [1.82, 2.24) is 0 Å². The van der Waals surface area contributed by atoms with Crippen molar-refractivity contribution >= 4 is 11.7 Å². The molecule has 2 N–H and O–H groups in total. The summed E-state index contributed by atoms with van der Waals surface area (Å²) in [6.07, 6.45) is -4.69. The number of carboxylic acid groups (broad SMARTS) is 1. The molecule has 1 rings (SSSR count). The van der Waals surface area contributed by atoms with Crippen LogP contribution in [-0.4, -0.2) is 17.1 Å². The van der Waals surface area contributed by atoms with Crippen molar-refractivity contribution in [3.05, 3.63) is 29.3 Å². The summed E-state index contributed by atoms with van der Waals surface area (Å²) >= 11 is 0. The highest BCUT2D eigenvalue weighted by Gasteiger charge is 2.35. The lowest BCUT2D eigenvalue weighted by Gasteiger charge is -2.20. The minimum Gasteiger partial charge on any atom is -0.478 e. The highest BCUT2D eigenvalue weighted by atomic mass is 19.4. The van der Waals surface area contributed by atoms with E-state index in [2.05, 4.69) is 5.32 Å². The van der Waals surface area contributed by atoms with Crippen molar-refractivity contribution < 1.29 is 23.1 Å². The molecule has 3 nitrogen and oxygen atoms in total. The first-order valence-electron chi connectivity index (χ1n) is 5.84.